The van der Waals surface area contributed by atoms with E-state index in [4.69, 9.17) is 0 Å². The summed E-state index contributed by atoms with van der Waals surface area (Å²) in [5, 5.41) is 12.3. The highest BCUT2D eigenvalue weighted by molar-refractivity contribution is 5.91. The minimum atomic E-state index is -0.386. The maximum atomic E-state index is 13.5. The number of pyridine rings is 1. The lowest BCUT2D eigenvalue weighted by atomic mass is 9.74. The number of carbonyl (C=O) groups excluding carboxylic acids is 1. The van der Waals surface area contributed by atoms with Crippen LogP contribution in [0.4, 0.5) is 14.9 Å². The van der Waals surface area contributed by atoms with Gasteiger partial charge in [0.1, 0.15) is 5.82 Å². The lowest BCUT2D eigenvalue weighted by Gasteiger charge is -2.54. The number of halogens is 1. The number of piperidine rings is 1. The minimum absolute atomic E-state index is 0.102. The van der Waals surface area contributed by atoms with Gasteiger partial charge in [-0.05, 0) is 61.4 Å². The van der Waals surface area contributed by atoms with E-state index >= 15 is 0 Å². The van der Waals surface area contributed by atoms with Crippen LogP contribution in [0.2, 0.25) is 0 Å². The molecule has 0 saturated carbocycles. The Morgan fingerprint density at radius 3 is 2.73 bits per heavy atom. The van der Waals surface area contributed by atoms with Crippen molar-refractivity contribution in [3.63, 3.8) is 0 Å². The number of aliphatic hydroxyl groups is 1. The normalized spacial score (nSPS) is 24.1. The molecular weight excluding hydrogens is 333 g/mol. The average Bonchev–Trinajstić information content (AvgIpc) is 2.63. The Morgan fingerprint density at radius 1 is 1.27 bits per heavy atom. The summed E-state index contributed by atoms with van der Waals surface area (Å²) in [6.07, 6.45) is 5.56. The molecule has 2 aliphatic heterocycles. The van der Waals surface area contributed by atoms with E-state index in [2.05, 4.69) is 10.3 Å². The third-order valence-corrected chi connectivity index (χ3v) is 5.54. The molecule has 3 heterocycles. The zero-order chi connectivity index (χ0) is 18.3. The Morgan fingerprint density at radius 2 is 2.04 bits per heavy atom. The molecule has 2 amide bonds. The van der Waals surface area contributed by atoms with Crippen LogP contribution in [0, 0.1) is 18.7 Å². The summed E-state index contributed by atoms with van der Waals surface area (Å²) in [7, 11) is 0. The largest absolute Gasteiger partial charge is 0.396 e. The molecule has 2 aromatic rings. The van der Waals surface area contributed by atoms with Crippen LogP contribution < -0.4 is 5.32 Å². The van der Waals surface area contributed by atoms with Gasteiger partial charge in [-0.25, -0.2) is 9.18 Å². The van der Waals surface area contributed by atoms with Gasteiger partial charge in [0.05, 0.1) is 6.20 Å². The van der Waals surface area contributed by atoms with E-state index < -0.39 is 0 Å². The van der Waals surface area contributed by atoms with Gasteiger partial charge >= 0.3 is 6.03 Å². The maximum absolute atomic E-state index is 13.5. The van der Waals surface area contributed by atoms with E-state index in [0.717, 1.165) is 30.4 Å². The van der Waals surface area contributed by atoms with Gasteiger partial charge in [0.25, 0.3) is 0 Å². The van der Waals surface area contributed by atoms with Crippen molar-refractivity contribution in [2.75, 3.05) is 11.9 Å². The zero-order valence-corrected chi connectivity index (χ0v) is 14.7. The Kier molecular flexibility index (Phi) is 4.36. The molecular formula is C20H22FN3O2. The maximum Gasteiger partial charge on any atom is 0.322 e. The van der Waals surface area contributed by atoms with Gasteiger partial charge in [0.15, 0.2) is 0 Å². The summed E-state index contributed by atoms with van der Waals surface area (Å²) in [4.78, 5) is 18.5. The fraction of sp³-hybridized carbons (Fsp3) is 0.400. The van der Waals surface area contributed by atoms with Gasteiger partial charge in [-0.3, -0.25) is 4.98 Å². The Bertz CT molecular complexity index is 830. The number of hydrogen-bond donors (Lipinski definition) is 2. The second-order valence-corrected chi connectivity index (χ2v) is 7.32. The van der Waals surface area contributed by atoms with Crippen LogP contribution in [0.5, 0.6) is 0 Å². The molecule has 4 rings (SSSR count). The van der Waals surface area contributed by atoms with Gasteiger partial charge in [-0.2, -0.15) is 0 Å². The quantitative estimate of drug-likeness (QED) is 0.885. The molecule has 0 spiro atoms. The Hall–Kier alpha value is -2.47. The number of aliphatic hydroxyl groups excluding tert-OH is 1. The van der Waals surface area contributed by atoms with Crippen LogP contribution in [0.3, 0.4) is 0 Å². The molecule has 6 heteroatoms. The van der Waals surface area contributed by atoms with Crippen LogP contribution in [0.15, 0.2) is 36.7 Å². The second kappa shape index (κ2) is 6.68. The van der Waals surface area contributed by atoms with Crippen molar-refractivity contribution < 1.29 is 14.3 Å². The SMILES string of the molecule is Cc1ccc(NC(=O)N2C3CC(CO)C[C@H]2C3)cc1-c1cncc(F)c1. The average molecular weight is 355 g/mol. The number of fused-ring (bicyclic) bond motifs is 2. The van der Waals surface area contributed by atoms with Crippen LogP contribution in [0.1, 0.15) is 24.8 Å². The third-order valence-electron chi connectivity index (χ3n) is 5.54. The molecule has 2 aliphatic rings. The molecule has 5 nitrogen and oxygen atoms in total. The first-order chi connectivity index (χ1) is 12.5. The summed E-state index contributed by atoms with van der Waals surface area (Å²) in [5.74, 6) is -0.0718. The third kappa shape index (κ3) is 3.05. The van der Waals surface area contributed by atoms with Crippen molar-refractivity contribution in [3.05, 3.63) is 48.0 Å². The number of nitrogens with one attached hydrogen (secondary N) is 1. The summed E-state index contributed by atoms with van der Waals surface area (Å²) in [6.45, 7) is 2.14. The van der Waals surface area contributed by atoms with Gasteiger partial charge in [0, 0.05) is 36.1 Å². The molecule has 136 valence electrons. The number of nitrogens with zero attached hydrogens (tertiary/aromatic N) is 2. The molecule has 2 fully saturated rings. The number of benzene rings is 1. The molecule has 26 heavy (non-hydrogen) atoms. The smallest absolute Gasteiger partial charge is 0.322 e. The molecule has 1 aromatic carbocycles. The van der Waals surface area contributed by atoms with Crippen molar-refractivity contribution >= 4 is 11.7 Å². The van der Waals surface area contributed by atoms with Gasteiger partial charge < -0.3 is 15.3 Å². The Balaban J connectivity index is 1.51. The molecule has 2 N–H and O–H groups in total. The lowest BCUT2D eigenvalue weighted by Crippen LogP contribution is -2.64. The van der Waals surface area contributed by atoms with Crippen LogP contribution in [0.25, 0.3) is 11.1 Å². The highest BCUT2D eigenvalue weighted by Gasteiger charge is 2.47. The van der Waals surface area contributed by atoms with Crippen molar-refractivity contribution in [3.8, 4) is 11.1 Å². The number of anilines is 1. The molecule has 2 saturated heterocycles. The summed E-state index contributed by atoms with van der Waals surface area (Å²) in [5.41, 5.74) is 3.20. The van der Waals surface area contributed by atoms with Crippen molar-refractivity contribution in [2.24, 2.45) is 5.92 Å². The predicted molar refractivity (Wildman–Crippen MR) is 97.2 cm³/mol. The second-order valence-electron chi connectivity index (χ2n) is 7.32. The fourth-order valence-corrected chi connectivity index (χ4v) is 4.23. The van der Waals surface area contributed by atoms with Gasteiger partial charge in [-0.1, -0.05) is 6.07 Å². The first kappa shape index (κ1) is 17.0. The van der Waals surface area contributed by atoms with Crippen LogP contribution in [-0.2, 0) is 0 Å². The Labute approximate surface area is 151 Å². The number of amides is 2. The molecule has 0 aliphatic carbocycles. The number of urea groups is 1. The number of carbonyl (C=O) groups is 1. The number of hydrogen-bond acceptors (Lipinski definition) is 3. The summed E-state index contributed by atoms with van der Waals surface area (Å²) in [6, 6.07) is 7.41. The standard InChI is InChI=1S/C20H22FN3O2/c1-12-2-3-16(7-19(12)14-6-15(21)10-22-9-14)23-20(26)24-17-4-13(11-25)5-18(24)8-17/h2-3,6-7,9-10,13,17-18,25H,4-5,8,11H2,1H3,(H,23,26)/t13?,17-,18?/m0/s1. The number of rotatable bonds is 3. The van der Waals surface area contributed by atoms with Crippen LogP contribution >= 0.6 is 0 Å². The van der Waals surface area contributed by atoms with E-state index in [1.54, 1.807) is 6.20 Å². The molecule has 0 radical (unpaired) electrons. The first-order valence-electron chi connectivity index (χ1n) is 8.97. The van der Waals surface area contributed by atoms with E-state index in [1.165, 1.54) is 12.3 Å². The summed E-state index contributed by atoms with van der Waals surface area (Å²) < 4.78 is 13.5. The number of aryl methyl sites for hydroxylation is 1. The zero-order valence-electron chi connectivity index (χ0n) is 14.7. The predicted octanol–water partition coefficient (Wildman–Crippen LogP) is 3.57. The minimum Gasteiger partial charge on any atom is -0.396 e. The van der Waals surface area contributed by atoms with E-state index in [1.807, 2.05) is 30.0 Å². The monoisotopic (exact) mass is 355 g/mol. The topological polar surface area (TPSA) is 65.5 Å². The van der Waals surface area contributed by atoms with Crippen molar-refractivity contribution in [1.82, 2.24) is 9.88 Å². The molecule has 1 aromatic heterocycles. The highest BCUT2D eigenvalue weighted by atomic mass is 19.1. The van der Waals surface area contributed by atoms with Crippen molar-refractivity contribution in [2.45, 2.75) is 38.3 Å². The van der Waals surface area contributed by atoms with Gasteiger partial charge in [0.2, 0.25) is 0 Å². The highest BCUT2D eigenvalue weighted by Crippen LogP contribution is 2.41. The van der Waals surface area contributed by atoms with Gasteiger partial charge in [-0.15, -0.1) is 0 Å². The molecule has 2 unspecified atom stereocenters. The number of aromatic nitrogens is 1. The molecule has 2 bridgehead atoms. The van der Waals surface area contributed by atoms with E-state index in [9.17, 15) is 14.3 Å². The van der Waals surface area contributed by atoms with E-state index in [0.29, 0.717) is 17.2 Å². The van der Waals surface area contributed by atoms with Crippen molar-refractivity contribution in [1.29, 1.82) is 0 Å². The fourth-order valence-electron chi connectivity index (χ4n) is 4.23. The van der Waals surface area contributed by atoms with E-state index in [-0.39, 0.29) is 30.5 Å². The molecule has 3 atom stereocenters. The van der Waals surface area contributed by atoms with Crippen LogP contribution in [-0.4, -0.2) is 39.7 Å². The lowest BCUT2D eigenvalue weighted by molar-refractivity contribution is -0.0238. The summed E-state index contributed by atoms with van der Waals surface area (Å²) >= 11 is 0. The first-order valence-corrected chi connectivity index (χ1v) is 8.97.